The molecule has 2 heterocycles. The summed E-state index contributed by atoms with van der Waals surface area (Å²) in [6.07, 6.45) is 1.69. The number of aromatic hydroxyl groups is 1. The molecule has 0 spiro atoms. The van der Waals surface area contributed by atoms with Crippen LogP contribution < -0.4 is 0 Å². The molecule has 0 fully saturated rings. The molecule has 2 aromatic heterocycles. The Morgan fingerprint density at radius 2 is 1.25 bits per heavy atom. The number of benzene rings is 7. The predicted molar refractivity (Wildman–Crippen MR) is 260 cm³/mol. The number of imidazole rings is 1. The fraction of sp³-hybridized carbons (Fsp3) is 0.138. The number of pyridine rings is 1. The first-order valence-electron chi connectivity index (χ1n) is 21.4. The zero-order valence-electron chi connectivity index (χ0n) is 37.1. The molecule has 320 valence electrons. The molecule has 0 aliphatic rings. The van der Waals surface area contributed by atoms with Crippen LogP contribution in [0.15, 0.2) is 164 Å². The molecule has 0 amide bonds. The van der Waals surface area contributed by atoms with Crippen molar-refractivity contribution >= 4 is 16.7 Å². The molecule has 0 atom stereocenters. The number of fused-ring (bicyclic) bond motifs is 1. The summed E-state index contributed by atoms with van der Waals surface area (Å²) in [7, 11) is 0. The second-order valence-electron chi connectivity index (χ2n) is 18.1. The number of nitriles is 1. The Balaban J connectivity index is 0.00000576. The minimum Gasteiger partial charge on any atom is -0.508 e. The fourth-order valence-corrected chi connectivity index (χ4v) is 8.80. The van der Waals surface area contributed by atoms with Crippen LogP contribution in [0, 0.1) is 24.0 Å². The van der Waals surface area contributed by atoms with Gasteiger partial charge < -0.3 is 5.11 Å². The number of rotatable bonds is 7. The van der Waals surface area contributed by atoms with Crippen molar-refractivity contribution < 1.29 is 26.2 Å². The van der Waals surface area contributed by atoms with Crippen LogP contribution in [0.5, 0.6) is 5.75 Å². The number of aromatic nitrogens is 3. The third-order valence-corrected chi connectivity index (χ3v) is 11.8. The smallest absolute Gasteiger partial charge is 0.198 e. The number of phenols is 1. The molecule has 65 heavy (non-hydrogen) atoms. The standard InChI is InChI=1S/C58H46N5O.Pt/c1-57(2,3)47-35-46(55(64)51(54(47)60-7)58(4,5)6)56-62-53-45(27-19-29-49(53)63(56)48-28-18-17-26-44(48)38-22-13-9-14-23-38)42-32-41(37-20-11-8-12-21-37)33-43(34-42)52-50(39-24-15-10-16-25-39)40(36-59)30-31-61-52;/h8-33,35,64H,1-6H3;/q-1;. The van der Waals surface area contributed by atoms with Gasteiger partial charge in [0.25, 0.3) is 0 Å². The maximum Gasteiger partial charge on any atom is 0.198 e. The molecule has 0 radical (unpaired) electrons. The Bertz CT molecular complexity index is 3310. The van der Waals surface area contributed by atoms with Crippen LogP contribution in [0.1, 0.15) is 58.2 Å². The molecular formula is C58H46N5OPt-. The molecule has 0 unspecified atom stereocenters. The summed E-state index contributed by atoms with van der Waals surface area (Å²) in [5, 5.41) is 23.0. The largest absolute Gasteiger partial charge is 0.508 e. The van der Waals surface area contributed by atoms with E-state index in [1.165, 1.54) is 0 Å². The van der Waals surface area contributed by atoms with Gasteiger partial charge in [0.15, 0.2) is 5.69 Å². The molecule has 7 aromatic carbocycles. The van der Waals surface area contributed by atoms with E-state index in [0.717, 1.165) is 66.8 Å². The van der Waals surface area contributed by atoms with Crippen molar-refractivity contribution in [2.24, 2.45) is 0 Å². The third-order valence-electron chi connectivity index (χ3n) is 11.8. The van der Waals surface area contributed by atoms with Gasteiger partial charge in [0, 0.05) is 44.1 Å². The first-order valence-corrected chi connectivity index (χ1v) is 21.4. The van der Waals surface area contributed by atoms with E-state index in [9.17, 15) is 10.4 Å². The number of nitrogens with zero attached hydrogens (tertiary/aromatic N) is 5. The molecule has 0 aliphatic carbocycles. The van der Waals surface area contributed by atoms with Crippen molar-refractivity contribution in [3.8, 4) is 84.7 Å². The number of hydrogen-bond donors (Lipinski definition) is 1. The second kappa shape index (κ2) is 17.7. The number of hydrogen-bond acceptors (Lipinski definition) is 4. The van der Waals surface area contributed by atoms with Crippen LogP contribution in [-0.4, -0.2) is 19.6 Å². The van der Waals surface area contributed by atoms with Crippen molar-refractivity contribution in [1.82, 2.24) is 14.5 Å². The molecular weight excluding hydrogens is 978 g/mol. The minimum atomic E-state index is -0.567. The minimum absolute atomic E-state index is 0. The Hall–Kier alpha value is -7.37. The van der Waals surface area contributed by atoms with Crippen molar-refractivity contribution in [2.45, 2.75) is 52.4 Å². The zero-order valence-corrected chi connectivity index (χ0v) is 39.4. The van der Waals surface area contributed by atoms with E-state index in [4.69, 9.17) is 16.5 Å². The van der Waals surface area contributed by atoms with Crippen LogP contribution in [0.25, 0.3) is 88.7 Å². The predicted octanol–water partition coefficient (Wildman–Crippen LogP) is 14.9. The van der Waals surface area contributed by atoms with Gasteiger partial charge in [0.2, 0.25) is 0 Å². The number of para-hydroxylation sites is 2. The summed E-state index contributed by atoms with van der Waals surface area (Å²) in [5.41, 5.74) is 13.0. The van der Waals surface area contributed by atoms with E-state index >= 15 is 0 Å². The van der Waals surface area contributed by atoms with Crippen molar-refractivity contribution in [2.75, 3.05) is 0 Å². The maximum atomic E-state index is 12.6. The van der Waals surface area contributed by atoms with Crippen molar-refractivity contribution in [3.63, 3.8) is 0 Å². The van der Waals surface area contributed by atoms with Gasteiger partial charge in [-0.15, -0.1) is 23.8 Å². The molecule has 0 saturated heterocycles. The fourth-order valence-electron chi connectivity index (χ4n) is 8.80. The van der Waals surface area contributed by atoms with Gasteiger partial charge in [0.05, 0.1) is 40.5 Å². The molecule has 7 heteroatoms. The van der Waals surface area contributed by atoms with E-state index in [-0.39, 0.29) is 26.8 Å². The van der Waals surface area contributed by atoms with Crippen LogP contribution in [-0.2, 0) is 31.9 Å². The first-order chi connectivity index (χ1) is 30.9. The van der Waals surface area contributed by atoms with Gasteiger partial charge in [-0.1, -0.05) is 186 Å². The Kier molecular flexibility index (Phi) is 12.0. The molecule has 0 bridgehead atoms. The average molecular weight is 1020 g/mol. The summed E-state index contributed by atoms with van der Waals surface area (Å²) in [4.78, 5) is 14.6. The topological polar surface area (TPSA) is 79.1 Å². The SMILES string of the molecule is [C-]#[N+]c1c(C(C)(C)C)cc(-c2nc3c(-c4[c-]c(-c5nccc(C#N)c5-c5ccccc5)cc(-c5ccccc5)c4)cccc3n2-c2ccccc2-c2ccccc2)c(O)c1C(C)(C)C.[Pt]. The third kappa shape index (κ3) is 8.19. The van der Waals surface area contributed by atoms with Crippen LogP contribution >= 0.6 is 0 Å². The van der Waals surface area contributed by atoms with Crippen LogP contribution in [0.4, 0.5) is 5.69 Å². The Morgan fingerprint density at radius 1 is 0.646 bits per heavy atom. The molecule has 6 nitrogen and oxygen atoms in total. The van der Waals surface area contributed by atoms with Gasteiger partial charge >= 0.3 is 0 Å². The van der Waals surface area contributed by atoms with Gasteiger partial charge in [0.1, 0.15) is 11.6 Å². The van der Waals surface area contributed by atoms with Crippen LogP contribution in [0.2, 0.25) is 0 Å². The van der Waals surface area contributed by atoms with Gasteiger partial charge in [-0.3, -0.25) is 9.55 Å². The van der Waals surface area contributed by atoms with E-state index in [1.807, 2.05) is 112 Å². The van der Waals surface area contributed by atoms with Gasteiger partial charge in [-0.25, -0.2) is 9.83 Å². The second-order valence-corrected chi connectivity index (χ2v) is 18.1. The molecule has 0 aliphatic heterocycles. The van der Waals surface area contributed by atoms with Crippen molar-refractivity contribution in [1.29, 1.82) is 5.26 Å². The normalized spacial score (nSPS) is 11.4. The summed E-state index contributed by atoms with van der Waals surface area (Å²) in [6.45, 7) is 20.8. The Morgan fingerprint density at radius 3 is 1.88 bits per heavy atom. The average Bonchev–Trinajstić information content (AvgIpc) is 3.70. The van der Waals surface area contributed by atoms with Gasteiger partial charge in [-0.2, -0.15) is 5.26 Å². The van der Waals surface area contributed by atoms with Gasteiger partial charge in [-0.05, 0) is 56.8 Å². The molecule has 1 N–H and O–H groups in total. The monoisotopic (exact) mass is 1020 g/mol. The Labute approximate surface area is 395 Å². The summed E-state index contributed by atoms with van der Waals surface area (Å²) < 4.78 is 2.15. The van der Waals surface area contributed by atoms with Crippen molar-refractivity contribution in [3.05, 3.63) is 198 Å². The maximum absolute atomic E-state index is 12.6. The van der Waals surface area contributed by atoms with Crippen LogP contribution in [0.3, 0.4) is 0 Å². The molecule has 9 rings (SSSR count). The number of phenolic OH excluding ortho intramolecular Hbond substituents is 1. The van der Waals surface area contributed by atoms with E-state index in [2.05, 4.69) is 103 Å². The van der Waals surface area contributed by atoms with E-state index < -0.39 is 10.8 Å². The summed E-state index contributed by atoms with van der Waals surface area (Å²) in [5.74, 6) is 0.587. The summed E-state index contributed by atoms with van der Waals surface area (Å²) in [6, 6.07) is 59.0. The van der Waals surface area contributed by atoms with E-state index in [0.29, 0.717) is 39.4 Å². The quantitative estimate of drug-likeness (QED) is 0.161. The molecule has 9 aromatic rings. The zero-order chi connectivity index (χ0) is 44.8. The first kappa shape index (κ1) is 44.2. The summed E-state index contributed by atoms with van der Waals surface area (Å²) >= 11 is 0. The van der Waals surface area contributed by atoms with E-state index in [1.54, 1.807) is 12.3 Å². The molecule has 0 saturated carbocycles.